The summed E-state index contributed by atoms with van der Waals surface area (Å²) in [6.07, 6.45) is 7.40. The Kier molecular flexibility index (Phi) is 4.48. The van der Waals surface area contributed by atoms with Crippen molar-refractivity contribution in [3.63, 3.8) is 0 Å². The number of nitrogens with zero attached hydrogens (tertiary/aromatic N) is 1. The molecule has 1 aliphatic carbocycles. The molecule has 0 aromatic heterocycles. The van der Waals surface area contributed by atoms with Crippen LogP contribution in [0.1, 0.15) is 54.7 Å². The Morgan fingerprint density at radius 2 is 2.00 bits per heavy atom. The lowest BCUT2D eigenvalue weighted by molar-refractivity contribution is -0.134. The van der Waals surface area contributed by atoms with Gasteiger partial charge in [0.1, 0.15) is 0 Å². The van der Waals surface area contributed by atoms with E-state index in [1.165, 1.54) is 48.1 Å². The van der Waals surface area contributed by atoms with Crippen LogP contribution in [0.4, 0.5) is 4.39 Å². The van der Waals surface area contributed by atoms with Crippen molar-refractivity contribution in [2.45, 2.75) is 56.6 Å². The minimum atomic E-state index is -1.92. The predicted molar refractivity (Wildman–Crippen MR) is 82.1 cm³/mol. The van der Waals surface area contributed by atoms with Crippen LogP contribution in [0.5, 0.6) is 0 Å². The Labute approximate surface area is 130 Å². The van der Waals surface area contributed by atoms with Crippen LogP contribution in [-0.2, 0) is 17.8 Å². The van der Waals surface area contributed by atoms with Gasteiger partial charge in [-0.15, -0.1) is 0 Å². The molecule has 21 heavy (non-hydrogen) atoms. The topological polar surface area (TPSA) is 20.3 Å². The maximum Gasteiger partial charge on any atom is 0.273 e. The Morgan fingerprint density at radius 1 is 1.24 bits per heavy atom. The van der Waals surface area contributed by atoms with Crippen molar-refractivity contribution in [2.75, 3.05) is 6.54 Å². The normalized spacial score (nSPS) is 21.0. The van der Waals surface area contributed by atoms with E-state index in [1.807, 2.05) is 0 Å². The molecule has 0 N–H and O–H groups in total. The molecule has 0 spiro atoms. The molecule has 1 heterocycles. The third-order valence-corrected chi connectivity index (χ3v) is 5.00. The number of rotatable bonds is 2. The van der Waals surface area contributed by atoms with Gasteiger partial charge in [-0.2, -0.15) is 0 Å². The van der Waals surface area contributed by atoms with Crippen molar-refractivity contribution in [1.82, 2.24) is 4.90 Å². The first-order valence-electron chi connectivity index (χ1n) is 7.84. The number of hydrogen-bond acceptors (Lipinski definition) is 1. The van der Waals surface area contributed by atoms with Crippen LogP contribution >= 0.6 is 11.6 Å². The summed E-state index contributed by atoms with van der Waals surface area (Å²) in [5, 5.41) is 0. The van der Waals surface area contributed by atoms with E-state index < -0.39 is 11.5 Å². The molecule has 1 aromatic rings. The third kappa shape index (κ3) is 3.23. The van der Waals surface area contributed by atoms with Crippen LogP contribution in [0.25, 0.3) is 0 Å². The summed E-state index contributed by atoms with van der Waals surface area (Å²) in [4.78, 5) is 13.2. The summed E-state index contributed by atoms with van der Waals surface area (Å²) < 4.78 is 12.9. The van der Waals surface area contributed by atoms with Gasteiger partial charge in [0.2, 0.25) is 0 Å². The van der Waals surface area contributed by atoms with Crippen molar-refractivity contribution in [2.24, 2.45) is 0 Å². The highest BCUT2D eigenvalue weighted by Crippen LogP contribution is 2.34. The summed E-state index contributed by atoms with van der Waals surface area (Å²) in [7, 11) is 0. The van der Waals surface area contributed by atoms with Crippen molar-refractivity contribution >= 4 is 17.5 Å². The molecule has 1 aliphatic heterocycles. The predicted octanol–water partition coefficient (Wildman–Crippen LogP) is 4.15. The van der Waals surface area contributed by atoms with Gasteiger partial charge in [-0.25, -0.2) is 4.39 Å². The summed E-state index contributed by atoms with van der Waals surface area (Å²) >= 11 is 5.26. The molecule has 0 saturated heterocycles. The van der Waals surface area contributed by atoms with E-state index in [0.29, 0.717) is 19.0 Å². The van der Waals surface area contributed by atoms with Gasteiger partial charge in [-0.05, 0) is 41.9 Å². The van der Waals surface area contributed by atoms with Gasteiger partial charge in [-0.3, -0.25) is 4.79 Å². The molecule has 0 radical (unpaired) electrons. The van der Waals surface area contributed by atoms with Crippen molar-refractivity contribution < 1.29 is 9.18 Å². The molecule has 1 amide bonds. The van der Waals surface area contributed by atoms with Gasteiger partial charge in [0.25, 0.3) is 11.5 Å². The Bertz CT molecular complexity index is 526. The highest BCUT2D eigenvalue weighted by Gasteiger charge is 2.26. The van der Waals surface area contributed by atoms with Crippen LogP contribution < -0.4 is 0 Å². The molecule has 2 nitrogen and oxygen atoms in total. The van der Waals surface area contributed by atoms with E-state index in [0.717, 1.165) is 12.0 Å². The third-order valence-electron chi connectivity index (χ3n) is 4.82. The van der Waals surface area contributed by atoms with E-state index >= 15 is 0 Å². The number of amides is 1. The number of carbonyl (C=O) groups excluding carboxylic acids is 1. The zero-order chi connectivity index (χ0) is 14.8. The molecule has 1 fully saturated rings. The maximum absolute atomic E-state index is 12.9. The number of carbonyl (C=O) groups is 1. The van der Waals surface area contributed by atoms with Gasteiger partial charge in [-0.1, -0.05) is 49.1 Å². The highest BCUT2D eigenvalue weighted by molar-refractivity contribution is 6.29. The largest absolute Gasteiger partial charge is 0.334 e. The molecule has 1 saturated carbocycles. The van der Waals surface area contributed by atoms with Crippen LogP contribution in [0.3, 0.4) is 0 Å². The first kappa shape index (κ1) is 14.8. The second-order valence-electron chi connectivity index (χ2n) is 6.17. The Morgan fingerprint density at radius 3 is 2.71 bits per heavy atom. The van der Waals surface area contributed by atoms with Crippen LogP contribution in [0.15, 0.2) is 18.2 Å². The first-order chi connectivity index (χ1) is 10.1. The van der Waals surface area contributed by atoms with Gasteiger partial charge < -0.3 is 4.90 Å². The molecule has 114 valence electrons. The highest BCUT2D eigenvalue weighted by atomic mass is 35.5. The maximum atomic E-state index is 12.9. The number of fused-ring (bicyclic) bond motifs is 1. The lowest BCUT2D eigenvalue weighted by Crippen LogP contribution is -2.39. The SMILES string of the molecule is O=C(C(F)Cl)N1CCc2cc(C3CCCCC3)ccc2C1. The minimum absolute atomic E-state index is 0.478. The zero-order valence-corrected chi connectivity index (χ0v) is 12.9. The molecular weight excluding hydrogens is 289 g/mol. The minimum Gasteiger partial charge on any atom is -0.334 e. The second kappa shape index (κ2) is 6.35. The fraction of sp³-hybridized carbons (Fsp3) is 0.588. The fourth-order valence-electron chi connectivity index (χ4n) is 3.59. The van der Waals surface area contributed by atoms with E-state index in [2.05, 4.69) is 18.2 Å². The second-order valence-corrected chi connectivity index (χ2v) is 6.56. The Balaban J connectivity index is 1.74. The molecule has 4 heteroatoms. The summed E-state index contributed by atoms with van der Waals surface area (Å²) in [6, 6.07) is 6.61. The zero-order valence-electron chi connectivity index (χ0n) is 12.2. The molecule has 1 unspecified atom stereocenters. The quantitative estimate of drug-likeness (QED) is 0.751. The molecule has 3 rings (SSSR count). The van der Waals surface area contributed by atoms with Crippen molar-refractivity contribution in [3.05, 3.63) is 34.9 Å². The molecule has 1 aromatic carbocycles. The van der Waals surface area contributed by atoms with Crippen molar-refractivity contribution in [3.8, 4) is 0 Å². The number of benzene rings is 1. The van der Waals surface area contributed by atoms with Crippen LogP contribution in [0, 0.1) is 0 Å². The van der Waals surface area contributed by atoms with Crippen LogP contribution in [0.2, 0.25) is 0 Å². The van der Waals surface area contributed by atoms with Gasteiger partial charge in [0, 0.05) is 13.1 Å². The smallest absolute Gasteiger partial charge is 0.273 e. The number of alkyl halides is 2. The lowest BCUT2D eigenvalue weighted by Gasteiger charge is -2.30. The number of halogens is 2. The molecule has 0 bridgehead atoms. The summed E-state index contributed by atoms with van der Waals surface area (Å²) in [6.45, 7) is 1.04. The average molecular weight is 310 g/mol. The molecule has 1 atom stereocenters. The fourth-order valence-corrected chi connectivity index (χ4v) is 3.73. The van der Waals surface area contributed by atoms with E-state index in [1.54, 1.807) is 0 Å². The monoisotopic (exact) mass is 309 g/mol. The number of hydrogen-bond donors (Lipinski definition) is 0. The standard InChI is InChI=1S/C17H21ClFNO/c18-16(19)17(21)20-9-8-14-10-13(6-7-15(14)11-20)12-4-2-1-3-5-12/h6-7,10,12,16H,1-5,8-9,11H2. The first-order valence-corrected chi connectivity index (χ1v) is 8.27. The Hall–Kier alpha value is -1.09. The molecule has 2 aliphatic rings. The van der Waals surface area contributed by atoms with E-state index in [-0.39, 0.29) is 0 Å². The van der Waals surface area contributed by atoms with E-state index in [4.69, 9.17) is 11.6 Å². The average Bonchev–Trinajstić information content (AvgIpc) is 2.54. The van der Waals surface area contributed by atoms with Gasteiger partial charge in [0.15, 0.2) is 0 Å². The van der Waals surface area contributed by atoms with Gasteiger partial charge >= 0.3 is 0 Å². The summed E-state index contributed by atoms with van der Waals surface area (Å²) in [5.41, 5.74) is 1.96. The van der Waals surface area contributed by atoms with Gasteiger partial charge in [0.05, 0.1) is 0 Å². The lowest BCUT2D eigenvalue weighted by atomic mass is 9.82. The van der Waals surface area contributed by atoms with Crippen LogP contribution in [-0.4, -0.2) is 23.0 Å². The molecular formula is C17H21ClFNO. The summed E-state index contributed by atoms with van der Waals surface area (Å²) in [5.74, 6) is 0.0837. The van der Waals surface area contributed by atoms with Crippen molar-refractivity contribution in [1.29, 1.82) is 0 Å². The van der Waals surface area contributed by atoms with E-state index in [9.17, 15) is 9.18 Å².